The molecular formula is C12H20N4O3S. The van der Waals surface area contributed by atoms with Crippen LogP contribution in [0.3, 0.4) is 0 Å². The Bertz CT molecular complexity index is 407. The molecule has 1 aromatic heterocycles. The first kappa shape index (κ1) is 16.5. The molecule has 7 nitrogen and oxygen atoms in total. The average molecular weight is 300 g/mol. The number of likely N-dealkylation sites (N-methyl/N-ethyl adjacent to an activating group) is 1. The number of nitrogens with zero attached hydrogens (tertiary/aromatic N) is 3. The molecule has 0 bridgehead atoms. The molecule has 0 atom stereocenters. The lowest BCUT2D eigenvalue weighted by Gasteiger charge is -2.17. The molecule has 0 aromatic carbocycles. The van der Waals surface area contributed by atoms with Gasteiger partial charge in [-0.3, -0.25) is 9.59 Å². The Hall–Kier alpha value is -1.54. The predicted molar refractivity (Wildman–Crippen MR) is 76.5 cm³/mol. The summed E-state index contributed by atoms with van der Waals surface area (Å²) in [6.45, 7) is 7.05. The van der Waals surface area contributed by atoms with Crippen molar-refractivity contribution in [2.75, 3.05) is 31.6 Å². The van der Waals surface area contributed by atoms with Crippen LogP contribution in [0, 0.1) is 0 Å². The Balaban J connectivity index is 2.12. The fourth-order valence-corrected chi connectivity index (χ4v) is 1.99. The number of hydrogen-bond acceptors (Lipinski definition) is 7. The molecule has 1 heterocycles. The molecule has 0 aliphatic carbocycles. The zero-order valence-corrected chi connectivity index (χ0v) is 12.6. The summed E-state index contributed by atoms with van der Waals surface area (Å²) >= 11 is 1.23. The number of aromatic nitrogens is 2. The van der Waals surface area contributed by atoms with Gasteiger partial charge in [0, 0.05) is 13.0 Å². The van der Waals surface area contributed by atoms with Crippen molar-refractivity contribution >= 4 is 28.3 Å². The van der Waals surface area contributed by atoms with Gasteiger partial charge < -0.3 is 15.0 Å². The van der Waals surface area contributed by atoms with Crippen LogP contribution in [0.4, 0.5) is 5.13 Å². The van der Waals surface area contributed by atoms with Crippen LogP contribution in [-0.2, 0) is 14.3 Å². The monoisotopic (exact) mass is 300 g/mol. The lowest BCUT2D eigenvalue weighted by Crippen LogP contribution is -2.28. The molecule has 1 amide bonds. The molecule has 1 N–H and O–H groups in total. The molecule has 20 heavy (non-hydrogen) atoms. The van der Waals surface area contributed by atoms with E-state index in [4.69, 9.17) is 4.74 Å². The fourth-order valence-electron chi connectivity index (χ4n) is 1.53. The van der Waals surface area contributed by atoms with Crippen LogP contribution in [0.25, 0.3) is 0 Å². The van der Waals surface area contributed by atoms with E-state index < -0.39 is 0 Å². The van der Waals surface area contributed by atoms with Crippen molar-refractivity contribution < 1.29 is 14.3 Å². The molecule has 0 saturated carbocycles. The van der Waals surface area contributed by atoms with Crippen LogP contribution in [0.2, 0.25) is 0 Å². The zero-order chi connectivity index (χ0) is 14.8. The molecular weight excluding hydrogens is 280 g/mol. The molecule has 0 aliphatic heterocycles. The summed E-state index contributed by atoms with van der Waals surface area (Å²) in [5.41, 5.74) is 1.52. The van der Waals surface area contributed by atoms with Gasteiger partial charge in [0.15, 0.2) is 0 Å². The largest absolute Gasteiger partial charge is 0.464 e. The third-order valence-electron chi connectivity index (χ3n) is 2.73. The maximum atomic E-state index is 11.5. The van der Waals surface area contributed by atoms with Gasteiger partial charge in [0.1, 0.15) is 12.1 Å². The second-order valence-electron chi connectivity index (χ2n) is 4.04. The number of hydrogen-bond donors (Lipinski definition) is 1. The predicted octanol–water partition coefficient (Wildman–Crippen LogP) is 1.14. The number of ether oxygens (including phenoxy) is 1. The van der Waals surface area contributed by atoms with Gasteiger partial charge in [-0.1, -0.05) is 25.2 Å². The first-order valence-electron chi connectivity index (χ1n) is 6.59. The number of carbonyl (C=O) groups excluding carboxylic acids is 2. The second-order valence-corrected chi connectivity index (χ2v) is 4.87. The molecule has 0 radical (unpaired) electrons. The van der Waals surface area contributed by atoms with E-state index in [9.17, 15) is 9.59 Å². The molecule has 0 saturated heterocycles. The van der Waals surface area contributed by atoms with E-state index in [1.165, 1.54) is 16.8 Å². The third-order valence-corrected chi connectivity index (χ3v) is 3.33. The summed E-state index contributed by atoms with van der Waals surface area (Å²) in [5, 5.41) is 10.3. The summed E-state index contributed by atoms with van der Waals surface area (Å²) in [5.74, 6) is -0.619. The average Bonchev–Trinajstić information content (AvgIpc) is 2.94. The summed E-state index contributed by atoms with van der Waals surface area (Å²) in [7, 11) is 0. The summed E-state index contributed by atoms with van der Waals surface area (Å²) < 4.78 is 5.08. The van der Waals surface area contributed by atoms with Crippen molar-refractivity contribution in [3.05, 3.63) is 5.51 Å². The van der Waals surface area contributed by atoms with E-state index in [-0.39, 0.29) is 24.7 Å². The van der Waals surface area contributed by atoms with Crippen LogP contribution in [0.15, 0.2) is 5.51 Å². The Morgan fingerprint density at radius 3 is 2.70 bits per heavy atom. The normalized spacial score (nSPS) is 10.6. The number of carbonyl (C=O) groups is 2. The number of nitrogens with one attached hydrogen (secondary N) is 1. The number of anilines is 1. The minimum absolute atomic E-state index is 0.0723. The Morgan fingerprint density at radius 1 is 1.35 bits per heavy atom. The van der Waals surface area contributed by atoms with Gasteiger partial charge in [-0.25, -0.2) is 0 Å². The van der Waals surface area contributed by atoms with E-state index in [0.29, 0.717) is 11.7 Å². The molecule has 1 rings (SSSR count). The third kappa shape index (κ3) is 6.58. The lowest BCUT2D eigenvalue weighted by atomic mass is 10.3. The highest BCUT2D eigenvalue weighted by atomic mass is 32.1. The molecule has 0 fully saturated rings. The van der Waals surface area contributed by atoms with E-state index in [2.05, 4.69) is 34.3 Å². The molecule has 0 unspecified atom stereocenters. The van der Waals surface area contributed by atoms with Gasteiger partial charge in [0.25, 0.3) is 0 Å². The van der Waals surface area contributed by atoms with Crippen LogP contribution in [-0.4, -0.2) is 53.2 Å². The minimum atomic E-state index is -0.357. The van der Waals surface area contributed by atoms with Crippen LogP contribution < -0.4 is 5.32 Å². The van der Waals surface area contributed by atoms with E-state index in [1.54, 1.807) is 0 Å². The second kappa shape index (κ2) is 9.38. The fraction of sp³-hybridized carbons (Fsp3) is 0.667. The Labute approximate surface area is 122 Å². The van der Waals surface area contributed by atoms with Gasteiger partial charge in [-0.15, -0.1) is 10.2 Å². The standard InChI is InChI=1S/C12H20N4O3S/c1-3-16(4-2)7-8-19-11(18)6-5-10(17)14-12-15-13-9-20-12/h9H,3-8H2,1-2H3,(H,14,15,17). The summed E-state index contributed by atoms with van der Waals surface area (Å²) in [6, 6.07) is 0. The van der Waals surface area contributed by atoms with Crippen molar-refractivity contribution in [1.82, 2.24) is 15.1 Å². The quantitative estimate of drug-likeness (QED) is 0.689. The van der Waals surface area contributed by atoms with Gasteiger partial charge in [-0.2, -0.15) is 0 Å². The lowest BCUT2D eigenvalue weighted by molar-refractivity contribution is -0.145. The molecule has 112 valence electrons. The highest BCUT2D eigenvalue weighted by Crippen LogP contribution is 2.08. The molecule has 0 spiro atoms. The van der Waals surface area contributed by atoms with E-state index in [1.807, 2.05) is 0 Å². The van der Waals surface area contributed by atoms with E-state index >= 15 is 0 Å². The first-order chi connectivity index (χ1) is 9.65. The highest BCUT2D eigenvalue weighted by Gasteiger charge is 2.10. The van der Waals surface area contributed by atoms with Crippen molar-refractivity contribution in [2.45, 2.75) is 26.7 Å². The highest BCUT2D eigenvalue weighted by molar-refractivity contribution is 7.13. The van der Waals surface area contributed by atoms with Crippen molar-refractivity contribution in [2.24, 2.45) is 0 Å². The Kier molecular flexibility index (Phi) is 7.74. The molecule has 0 aliphatic rings. The van der Waals surface area contributed by atoms with Crippen LogP contribution in [0.5, 0.6) is 0 Å². The number of rotatable bonds is 9. The Morgan fingerprint density at radius 2 is 2.10 bits per heavy atom. The topological polar surface area (TPSA) is 84.4 Å². The van der Waals surface area contributed by atoms with Crippen LogP contribution in [0.1, 0.15) is 26.7 Å². The molecule has 1 aromatic rings. The van der Waals surface area contributed by atoms with Crippen molar-refractivity contribution in [3.8, 4) is 0 Å². The SMILES string of the molecule is CCN(CC)CCOC(=O)CCC(=O)Nc1nncs1. The van der Waals surface area contributed by atoms with Crippen molar-refractivity contribution in [3.63, 3.8) is 0 Å². The molecule has 8 heteroatoms. The maximum Gasteiger partial charge on any atom is 0.306 e. The summed E-state index contributed by atoms with van der Waals surface area (Å²) in [4.78, 5) is 25.1. The van der Waals surface area contributed by atoms with Gasteiger partial charge in [0.2, 0.25) is 11.0 Å². The number of esters is 1. The minimum Gasteiger partial charge on any atom is -0.464 e. The zero-order valence-electron chi connectivity index (χ0n) is 11.8. The number of amides is 1. The summed E-state index contributed by atoms with van der Waals surface area (Å²) in [6.07, 6.45) is 0.159. The van der Waals surface area contributed by atoms with Gasteiger partial charge >= 0.3 is 5.97 Å². The van der Waals surface area contributed by atoms with Crippen LogP contribution >= 0.6 is 11.3 Å². The van der Waals surface area contributed by atoms with E-state index in [0.717, 1.165) is 19.6 Å². The first-order valence-corrected chi connectivity index (χ1v) is 7.47. The van der Waals surface area contributed by atoms with Gasteiger partial charge in [0.05, 0.1) is 6.42 Å². The van der Waals surface area contributed by atoms with Crippen molar-refractivity contribution in [1.29, 1.82) is 0 Å². The smallest absolute Gasteiger partial charge is 0.306 e. The maximum absolute atomic E-state index is 11.5. The van der Waals surface area contributed by atoms with Gasteiger partial charge in [-0.05, 0) is 13.1 Å².